The number of ether oxygens (including phenoxy) is 3. The van der Waals surface area contributed by atoms with Crippen LogP contribution in [0.4, 0.5) is 0 Å². The van der Waals surface area contributed by atoms with Gasteiger partial charge >= 0.3 is 0 Å². The van der Waals surface area contributed by atoms with Gasteiger partial charge in [-0.25, -0.2) is 0 Å². The second-order valence-electron chi connectivity index (χ2n) is 6.08. The minimum Gasteiger partial charge on any atom is -0.493 e. The third kappa shape index (κ3) is 4.65. The van der Waals surface area contributed by atoms with Crippen LogP contribution < -0.4 is 19.9 Å². The maximum absolute atomic E-state index is 5.93. The van der Waals surface area contributed by atoms with Gasteiger partial charge in [-0.3, -0.25) is 0 Å². The van der Waals surface area contributed by atoms with Gasteiger partial charge in [0.2, 0.25) is 0 Å². The van der Waals surface area contributed by atoms with Crippen molar-refractivity contribution in [2.75, 3.05) is 20.3 Å². The van der Waals surface area contributed by atoms with Gasteiger partial charge in [-0.1, -0.05) is 32.0 Å². The minimum atomic E-state index is 0.422. The number of nitrogens with two attached hydrogens (primary N) is 1. The van der Waals surface area contributed by atoms with Crippen LogP contribution in [-0.4, -0.2) is 20.3 Å². The van der Waals surface area contributed by atoms with Gasteiger partial charge in [0, 0.05) is 6.54 Å². The molecule has 2 aromatic carbocycles. The van der Waals surface area contributed by atoms with E-state index in [1.165, 1.54) is 11.1 Å². The van der Waals surface area contributed by atoms with Crippen molar-refractivity contribution in [3.05, 3.63) is 53.1 Å². The van der Waals surface area contributed by atoms with Gasteiger partial charge in [-0.05, 0) is 47.7 Å². The number of methoxy groups -OCH3 is 1. The summed E-state index contributed by atoms with van der Waals surface area (Å²) in [6.45, 7) is 7.80. The third-order valence-corrected chi connectivity index (χ3v) is 3.85. The first-order valence-electron chi connectivity index (χ1n) is 8.28. The van der Waals surface area contributed by atoms with E-state index < -0.39 is 0 Å². The summed E-state index contributed by atoms with van der Waals surface area (Å²) < 4.78 is 17.1. The fourth-order valence-electron chi connectivity index (χ4n) is 2.51. The van der Waals surface area contributed by atoms with Gasteiger partial charge in [0.1, 0.15) is 19.0 Å². The molecule has 130 valence electrons. The van der Waals surface area contributed by atoms with E-state index in [-0.39, 0.29) is 0 Å². The highest BCUT2D eigenvalue weighted by Crippen LogP contribution is 2.29. The molecule has 0 saturated carbocycles. The molecular formula is C20H27NO3. The zero-order valence-electron chi connectivity index (χ0n) is 15.0. The average molecular weight is 329 g/mol. The quantitative estimate of drug-likeness (QED) is 0.743. The first-order valence-corrected chi connectivity index (χ1v) is 8.28. The molecule has 0 heterocycles. The lowest BCUT2D eigenvalue weighted by molar-refractivity contribution is 0.209. The van der Waals surface area contributed by atoms with Crippen molar-refractivity contribution < 1.29 is 14.2 Å². The maximum atomic E-state index is 5.93. The number of benzene rings is 2. The van der Waals surface area contributed by atoms with E-state index in [0.717, 1.165) is 11.3 Å². The topological polar surface area (TPSA) is 53.7 Å². The minimum absolute atomic E-state index is 0.422. The Kier molecular flexibility index (Phi) is 6.50. The highest BCUT2D eigenvalue weighted by atomic mass is 16.5. The van der Waals surface area contributed by atoms with Crippen LogP contribution in [0.1, 0.15) is 36.5 Å². The summed E-state index contributed by atoms with van der Waals surface area (Å²) in [5.74, 6) is 2.74. The Bertz CT molecular complexity index is 668. The number of hydrogen-bond donors (Lipinski definition) is 1. The monoisotopic (exact) mass is 329 g/mol. The molecule has 2 aromatic rings. The number of aryl methyl sites for hydroxylation is 1. The Balaban J connectivity index is 1.95. The molecular weight excluding hydrogens is 302 g/mol. The van der Waals surface area contributed by atoms with Crippen molar-refractivity contribution in [3.8, 4) is 17.2 Å². The van der Waals surface area contributed by atoms with E-state index in [9.17, 15) is 0 Å². The van der Waals surface area contributed by atoms with E-state index in [2.05, 4.69) is 39.0 Å². The van der Waals surface area contributed by atoms with Crippen LogP contribution in [0.15, 0.2) is 36.4 Å². The molecule has 0 unspecified atom stereocenters. The maximum Gasteiger partial charge on any atom is 0.161 e. The second-order valence-corrected chi connectivity index (χ2v) is 6.08. The lowest BCUT2D eigenvalue weighted by Gasteiger charge is -2.16. The molecule has 4 heteroatoms. The van der Waals surface area contributed by atoms with Gasteiger partial charge in [-0.15, -0.1) is 0 Å². The smallest absolute Gasteiger partial charge is 0.161 e. The molecule has 0 aromatic heterocycles. The van der Waals surface area contributed by atoms with Crippen molar-refractivity contribution in [1.29, 1.82) is 0 Å². The first-order chi connectivity index (χ1) is 11.5. The zero-order valence-corrected chi connectivity index (χ0v) is 15.0. The normalized spacial score (nSPS) is 10.8. The molecule has 0 aliphatic rings. The molecule has 0 bridgehead atoms. The predicted octanol–water partition coefficient (Wildman–Crippen LogP) is 4.04. The fraction of sp³-hybridized carbons (Fsp3) is 0.400. The van der Waals surface area contributed by atoms with Crippen molar-refractivity contribution in [2.45, 2.75) is 33.2 Å². The summed E-state index contributed by atoms with van der Waals surface area (Å²) in [4.78, 5) is 0. The van der Waals surface area contributed by atoms with Gasteiger partial charge in [0.15, 0.2) is 11.5 Å². The van der Waals surface area contributed by atoms with E-state index in [1.807, 2.05) is 18.2 Å². The van der Waals surface area contributed by atoms with Crippen LogP contribution in [0, 0.1) is 6.92 Å². The predicted molar refractivity (Wildman–Crippen MR) is 97.1 cm³/mol. The van der Waals surface area contributed by atoms with E-state index in [0.29, 0.717) is 37.2 Å². The van der Waals surface area contributed by atoms with Gasteiger partial charge in [0.05, 0.1) is 7.11 Å². The molecule has 2 N–H and O–H groups in total. The lowest BCUT2D eigenvalue weighted by Crippen LogP contribution is -2.11. The Hall–Kier alpha value is -2.20. The largest absolute Gasteiger partial charge is 0.493 e. The number of hydrogen-bond acceptors (Lipinski definition) is 4. The Morgan fingerprint density at radius 2 is 1.62 bits per heavy atom. The SMILES string of the molecule is COc1cc(CN)ccc1OCCOc1cc(C)ccc1C(C)C. The third-order valence-electron chi connectivity index (χ3n) is 3.85. The van der Waals surface area contributed by atoms with Crippen LogP contribution in [0.2, 0.25) is 0 Å². The molecule has 0 aliphatic carbocycles. The van der Waals surface area contributed by atoms with Crippen molar-refractivity contribution in [3.63, 3.8) is 0 Å². The van der Waals surface area contributed by atoms with Crippen LogP contribution >= 0.6 is 0 Å². The van der Waals surface area contributed by atoms with Crippen LogP contribution in [0.3, 0.4) is 0 Å². The van der Waals surface area contributed by atoms with Gasteiger partial charge in [-0.2, -0.15) is 0 Å². The van der Waals surface area contributed by atoms with Crippen LogP contribution in [0.5, 0.6) is 17.2 Å². The lowest BCUT2D eigenvalue weighted by atomic mass is 10.0. The van der Waals surface area contributed by atoms with Crippen molar-refractivity contribution in [2.24, 2.45) is 5.73 Å². The van der Waals surface area contributed by atoms with E-state index >= 15 is 0 Å². The summed E-state index contributed by atoms with van der Waals surface area (Å²) in [5.41, 5.74) is 9.06. The molecule has 0 atom stereocenters. The van der Waals surface area contributed by atoms with Gasteiger partial charge in [0.25, 0.3) is 0 Å². The van der Waals surface area contributed by atoms with Crippen LogP contribution in [0.25, 0.3) is 0 Å². The van der Waals surface area contributed by atoms with Crippen molar-refractivity contribution >= 4 is 0 Å². The molecule has 0 saturated heterocycles. The number of rotatable bonds is 8. The highest BCUT2D eigenvalue weighted by Gasteiger charge is 2.09. The molecule has 0 radical (unpaired) electrons. The van der Waals surface area contributed by atoms with Crippen LogP contribution in [-0.2, 0) is 6.54 Å². The van der Waals surface area contributed by atoms with Crippen molar-refractivity contribution in [1.82, 2.24) is 0 Å². The van der Waals surface area contributed by atoms with E-state index in [4.69, 9.17) is 19.9 Å². The standard InChI is InChI=1S/C20H27NO3/c1-14(2)17-7-5-15(3)11-19(17)24-10-9-23-18-8-6-16(13-21)12-20(18)22-4/h5-8,11-12,14H,9-10,13,21H2,1-4H3. The average Bonchev–Trinajstić information content (AvgIpc) is 2.58. The highest BCUT2D eigenvalue weighted by molar-refractivity contribution is 5.43. The Labute approximate surface area is 144 Å². The van der Waals surface area contributed by atoms with Gasteiger partial charge < -0.3 is 19.9 Å². The molecule has 2 rings (SSSR count). The summed E-state index contributed by atoms with van der Waals surface area (Å²) in [7, 11) is 1.63. The fourth-order valence-corrected chi connectivity index (χ4v) is 2.51. The molecule has 24 heavy (non-hydrogen) atoms. The molecule has 0 spiro atoms. The first kappa shape index (κ1) is 18.1. The summed E-state index contributed by atoms with van der Waals surface area (Å²) in [5, 5.41) is 0. The summed E-state index contributed by atoms with van der Waals surface area (Å²) >= 11 is 0. The molecule has 0 amide bonds. The molecule has 4 nitrogen and oxygen atoms in total. The molecule has 0 fully saturated rings. The molecule has 0 aliphatic heterocycles. The second kappa shape index (κ2) is 8.60. The zero-order chi connectivity index (χ0) is 17.5. The summed E-state index contributed by atoms with van der Waals surface area (Å²) in [6, 6.07) is 12.0. The van der Waals surface area contributed by atoms with E-state index in [1.54, 1.807) is 7.11 Å². The Morgan fingerprint density at radius 1 is 0.917 bits per heavy atom. The summed E-state index contributed by atoms with van der Waals surface area (Å²) in [6.07, 6.45) is 0. The Morgan fingerprint density at radius 3 is 2.25 bits per heavy atom.